The summed E-state index contributed by atoms with van der Waals surface area (Å²) in [5, 5.41) is 2.80. The third kappa shape index (κ3) is 2.40. The molecule has 1 aromatic carbocycles. The number of carbonyl (C=O) groups is 1. The third-order valence-corrected chi connectivity index (χ3v) is 3.86. The summed E-state index contributed by atoms with van der Waals surface area (Å²) in [5.41, 5.74) is 1.83. The van der Waals surface area contributed by atoms with Crippen molar-refractivity contribution in [3.05, 3.63) is 30.1 Å². The minimum absolute atomic E-state index is 0.0363. The van der Waals surface area contributed by atoms with Crippen molar-refractivity contribution in [2.45, 2.75) is 44.1 Å². The van der Waals surface area contributed by atoms with E-state index >= 15 is 0 Å². The van der Waals surface area contributed by atoms with Crippen LogP contribution in [0.15, 0.2) is 24.3 Å². The van der Waals surface area contributed by atoms with Gasteiger partial charge in [0, 0.05) is 6.04 Å². The molecular weight excluding hydrogens is 274 g/mol. The second-order valence-corrected chi connectivity index (χ2v) is 6.06. The molecule has 0 radical (unpaired) electrons. The molecule has 1 saturated carbocycles. The van der Waals surface area contributed by atoms with Crippen LogP contribution in [-0.2, 0) is 4.79 Å². The number of para-hydroxylation sites is 2. The van der Waals surface area contributed by atoms with Gasteiger partial charge in [-0.15, -0.1) is 11.6 Å². The largest absolute Gasteiger partial charge is 0.352 e. The molecule has 106 valence electrons. The summed E-state index contributed by atoms with van der Waals surface area (Å²) in [6, 6.07) is 7.87. The lowest BCUT2D eigenvalue weighted by Gasteiger charge is -2.18. The van der Waals surface area contributed by atoms with Gasteiger partial charge in [-0.2, -0.15) is 0 Å². The van der Waals surface area contributed by atoms with Gasteiger partial charge in [0.25, 0.3) is 0 Å². The lowest BCUT2D eigenvalue weighted by molar-refractivity contribution is -0.124. The predicted octanol–water partition coefficient (Wildman–Crippen LogP) is 3.18. The SMILES string of the molecule is CC(Cl)c1nc2ccccc2n1C(C)C(=O)NC1CC1. The molecular formula is C15H18ClN3O. The second kappa shape index (κ2) is 5.09. The number of amides is 1. The van der Waals surface area contributed by atoms with E-state index in [1.807, 2.05) is 42.7 Å². The number of benzene rings is 1. The number of halogens is 1. The van der Waals surface area contributed by atoms with Gasteiger partial charge in [0.15, 0.2) is 0 Å². The van der Waals surface area contributed by atoms with E-state index in [0.717, 1.165) is 29.7 Å². The lowest BCUT2D eigenvalue weighted by atomic mass is 10.2. The van der Waals surface area contributed by atoms with E-state index in [1.165, 1.54) is 0 Å². The van der Waals surface area contributed by atoms with Gasteiger partial charge < -0.3 is 9.88 Å². The Hall–Kier alpha value is -1.55. The van der Waals surface area contributed by atoms with E-state index in [1.54, 1.807) is 0 Å². The fraction of sp³-hybridized carbons (Fsp3) is 0.467. The van der Waals surface area contributed by atoms with E-state index in [4.69, 9.17) is 11.6 Å². The van der Waals surface area contributed by atoms with Crippen LogP contribution in [0.1, 0.15) is 43.9 Å². The summed E-state index contributed by atoms with van der Waals surface area (Å²) in [5.74, 6) is 0.778. The summed E-state index contributed by atoms with van der Waals surface area (Å²) in [6.45, 7) is 3.78. The Morgan fingerprint density at radius 3 is 2.75 bits per heavy atom. The maximum atomic E-state index is 12.3. The van der Waals surface area contributed by atoms with E-state index in [9.17, 15) is 4.79 Å². The second-order valence-electron chi connectivity index (χ2n) is 5.40. The van der Waals surface area contributed by atoms with Gasteiger partial charge in [0.2, 0.25) is 5.91 Å². The zero-order valence-corrected chi connectivity index (χ0v) is 12.4. The first-order valence-corrected chi connectivity index (χ1v) is 7.43. The molecule has 20 heavy (non-hydrogen) atoms. The van der Waals surface area contributed by atoms with E-state index in [2.05, 4.69) is 10.3 Å². The molecule has 1 aliphatic rings. The van der Waals surface area contributed by atoms with Crippen molar-refractivity contribution in [3.63, 3.8) is 0 Å². The maximum Gasteiger partial charge on any atom is 0.243 e. The van der Waals surface area contributed by atoms with Crippen LogP contribution in [0.25, 0.3) is 11.0 Å². The first kappa shape index (κ1) is 13.4. The Bertz CT molecular complexity index is 646. The molecule has 0 aliphatic heterocycles. The van der Waals surface area contributed by atoms with Crippen LogP contribution in [0.4, 0.5) is 0 Å². The van der Waals surface area contributed by atoms with Crippen LogP contribution in [-0.4, -0.2) is 21.5 Å². The van der Waals surface area contributed by atoms with Gasteiger partial charge in [-0.3, -0.25) is 4.79 Å². The maximum absolute atomic E-state index is 12.3. The number of alkyl halides is 1. The summed E-state index contributed by atoms with van der Waals surface area (Å²) in [6.07, 6.45) is 2.17. The standard InChI is InChI=1S/C15H18ClN3O/c1-9(16)14-18-12-5-3-4-6-13(12)19(14)10(2)15(20)17-11-7-8-11/h3-6,9-11H,7-8H2,1-2H3,(H,17,20). The van der Waals surface area contributed by atoms with Crippen LogP contribution in [0.3, 0.4) is 0 Å². The monoisotopic (exact) mass is 291 g/mol. The average molecular weight is 292 g/mol. The van der Waals surface area contributed by atoms with Crippen LogP contribution in [0.5, 0.6) is 0 Å². The molecule has 1 aromatic heterocycles. The third-order valence-electron chi connectivity index (χ3n) is 3.67. The highest BCUT2D eigenvalue weighted by molar-refractivity contribution is 6.20. The normalized spacial score (nSPS) is 17.9. The van der Waals surface area contributed by atoms with Gasteiger partial charge in [-0.25, -0.2) is 4.98 Å². The Balaban J connectivity index is 2.03. The molecule has 5 heteroatoms. The predicted molar refractivity (Wildman–Crippen MR) is 79.9 cm³/mol. The van der Waals surface area contributed by atoms with Crippen molar-refractivity contribution in [2.75, 3.05) is 0 Å². The number of aromatic nitrogens is 2. The zero-order valence-electron chi connectivity index (χ0n) is 11.6. The number of fused-ring (bicyclic) bond motifs is 1. The quantitative estimate of drug-likeness (QED) is 0.880. The van der Waals surface area contributed by atoms with Crippen LogP contribution >= 0.6 is 11.6 Å². The van der Waals surface area contributed by atoms with Crippen molar-refractivity contribution >= 4 is 28.5 Å². The van der Waals surface area contributed by atoms with E-state index in [0.29, 0.717) is 6.04 Å². The number of imidazole rings is 1. The molecule has 0 saturated heterocycles. The van der Waals surface area contributed by atoms with Crippen molar-refractivity contribution in [3.8, 4) is 0 Å². The fourth-order valence-electron chi connectivity index (χ4n) is 2.42. The smallest absolute Gasteiger partial charge is 0.243 e. The molecule has 1 fully saturated rings. The number of rotatable bonds is 4. The Morgan fingerprint density at radius 2 is 2.10 bits per heavy atom. The number of nitrogens with zero attached hydrogens (tertiary/aromatic N) is 2. The Kier molecular flexibility index (Phi) is 3.42. The number of hydrogen-bond acceptors (Lipinski definition) is 2. The summed E-state index contributed by atoms with van der Waals surface area (Å²) >= 11 is 6.23. The molecule has 1 aliphatic carbocycles. The fourth-order valence-corrected chi connectivity index (χ4v) is 2.57. The lowest BCUT2D eigenvalue weighted by Crippen LogP contribution is -2.33. The molecule has 4 nitrogen and oxygen atoms in total. The molecule has 2 aromatic rings. The van der Waals surface area contributed by atoms with E-state index in [-0.39, 0.29) is 17.3 Å². The van der Waals surface area contributed by atoms with Crippen LogP contribution < -0.4 is 5.32 Å². The summed E-state index contributed by atoms with van der Waals surface area (Å²) in [4.78, 5) is 16.9. The minimum atomic E-state index is -0.306. The van der Waals surface area contributed by atoms with Crippen molar-refractivity contribution < 1.29 is 4.79 Å². The summed E-state index contributed by atoms with van der Waals surface area (Å²) < 4.78 is 1.95. The molecule has 2 atom stereocenters. The number of carbonyl (C=O) groups excluding carboxylic acids is 1. The highest BCUT2D eigenvalue weighted by atomic mass is 35.5. The van der Waals surface area contributed by atoms with Gasteiger partial charge in [-0.1, -0.05) is 12.1 Å². The van der Waals surface area contributed by atoms with E-state index < -0.39 is 0 Å². The highest BCUT2D eigenvalue weighted by Gasteiger charge is 2.28. The van der Waals surface area contributed by atoms with Gasteiger partial charge >= 0.3 is 0 Å². The first-order valence-electron chi connectivity index (χ1n) is 6.99. The number of nitrogens with one attached hydrogen (secondary N) is 1. The molecule has 1 N–H and O–H groups in total. The van der Waals surface area contributed by atoms with Crippen LogP contribution in [0.2, 0.25) is 0 Å². The van der Waals surface area contributed by atoms with Crippen molar-refractivity contribution in [1.82, 2.24) is 14.9 Å². The topological polar surface area (TPSA) is 46.9 Å². The molecule has 3 rings (SSSR count). The molecule has 2 unspecified atom stereocenters. The van der Waals surface area contributed by atoms with Crippen molar-refractivity contribution in [2.24, 2.45) is 0 Å². The minimum Gasteiger partial charge on any atom is -0.352 e. The zero-order chi connectivity index (χ0) is 14.3. The van der Waals surface area contributed by atoms with Gasteiger partial charge in [-0.05, 0) is 38.8 Å². The molecule has 1 amide bonds. The average Bonchev–Trinajstić information content (AvgIpc) is 3.15. The Morgan fingerprint density at radius 1 is 1.40 bits per heavy atom. The molecule has 1 heterocycles. The number of hydrogen-bond donors (Lipinski definition) is 1. The van der Waals surface area contributed by atoms with Gasteiger partial charge in [0.1, 0.15) is 11.9 Å². The molecule has 0 spiro atoms. The molecule has 0 bridgehead atoms. The van der Waals surface area contributed by atoms with Crippen molar-refractivity contribution in [1.29, 1.82) is 0 Å². The van der Waals surface area contributed by atoms with Crippen LogP contribution in [0, 0.1) is 0 Å². The summed E-state index contributed by atoms with van der Waals surface area (Å²) in [7, 11) is 0. The Labute approximate surface area is 123 Å². The highest BCUT2D eigenvalue weighted by Crippen LogP contribution is 2.28. The van der Waals surface area contributed by atoms with Gasteiger partial charge in [0.05, 0.1) is 16.4 Å². The first-order chi connectivity index (χ1) is 9.58.